The van der Waals surface area contributed by atoms with E-state index in [0.717, 1.165) is 14.5 Å². The minimum absolute atomic E-state index is 0.170. The number of halogens is 2. The molecule has 0 spiro atoms. The quantitative estimate of drug-likeness (QED) is 0.758. The van der Waals surface area contributed by atoms with Crippen LogP contribution >= 0.6 is 31.9 Å². The Labute approximate surface area is 88.4 Å². The first kappa shape index (κ1) is 9.93. The molecule has 0 aliphatic heterocycles. The average molecular weight is 292 g/mol. The second-order valence-corrected chi connectivity index (χ2v) is 4.11. The van der Waals surface area contributed by atoms with Gasteiger partial charge in [-0.2, -0.15) is 0 Å². The Kier molecular flexibility index (Phi) is 3.47. The molecule has 12 heavy (non-hydrogen) atoms. The Morgan fingerprint density at radius 2 is 2.00 bits per heavy atom. The number of Topliss-reactive ketones (excluding diaryl/α,β-unsaturated/α-hetero) is 1. The van der Waals surface area contributed by atoms with E-state index in [2.05, 4.69) is 31.9 Å². The number of hydrogen-bond donors (Lipinski definition) is 0. The lowest BCUT2D eigenvalue weighted by atomic mass is 10.1. The zero-order valence-electron chi connectivity index (χ0n) is 6.60. The highest BCUT2D eigenvalue weighted by Crippen LogP contribution is 2.24. The first-order chi connectivity index (χ1) is 5.65. The zero-order chi connectivity index (χ0) is 9.14. The van der Waals surface area contributed by atoms with Crippen molar-refractivity contribution in [2.45, 2.75) is 13.3 Å². The van der Waals surface area contributed by atoms with E-state index in [1.165, 1.54) is 0 Å². The topological polar surface area (TPSA) is 17.1 Å². The lowest BCUT2D eigenvalue weighted by Gasteiger charge is -1.99. The summed E-state index contributed by atoms with van der Waals surface area (Å²) in [5.41, 5.74) is 0.757. The third kappa shape index (κ3) is 2.17. The molecule has 0 radical (unpaired) electrons. The molecule has 0 aromatic heterocycles. The van der Waals surface area contributed by atoms with Gasteiger partial charge in [-0.3, -0.25) is 4.79 Å². The maximum atomic E-state index is 11.2. The molecule has 0 saturated carbocycles. The third-order valence-corrected chi connectivity index (χ3v) is 3.44. The van der Waals surface area contributed by atoms with Crippen LogP contribution in [0.3, 0.4) is 0 Å². The fourth-order valence-corrected chi connectivity index (χ4v) is 1.50. The molecule has 0 heterocycles. The Hall–Kier alpha value is -0.150. The van der Waals surface area contributed by atoms with Crippen LogP contribution in [0, 0.1) is 0 Å². The highest BCUT2D eigenvalue weighted by molar-refractivity contribution is 9.13. The molecule has 1 aromatic carbocycles. The van der Waals surface area contributed by atoms with Crippen molar-refractivity contribution in [2.75, 3.05) is 0 Å². The van der Waals surface area contributed by atoms with Gasteiger partial charge in [0.15, 0.2) is 5.78 Å². The fraction of sp³-hybridized carbons (Fsp3) is 0.222. The average Bonchev–Trinajstić information content (AvgIpc) is 2.08. The van der Waals surface area contributed by atoms with Gasteiger partial charge in [0.05, 0.1) is 0 Å². The van der Waals surface area contributed by atoms with Crippen LogP contribution in [0.15, 0.2) is 27.1 Å². The predicted octanol–water partition coefficient (Wildman–Crippen LogP) is 3.80. The molecule has 0 amide bonds. The molecule has 0 aliphatic rings. The Morgan fingerprint density at radius 3 is 2.50 bits per heavy atom. The lowest BCUT2D eigenvalue weighted by molar-refractivity contribution is 0.0988. The summed E-state index contributed by atoms with van der Waals surface area (Å²) in [5.74, 6) is 0.170. The van der Waals surface area contributed by atoms with Gasteiger partial charge in [-0.25, -0.2) is 0 Å². The first-order valence-corrected chi connectivity index (χ1v) is 5.22. The summed E-state index contributed by atoms with van der Waals surface area (Å²) >= 11 is 6.69. The van der Waals surface area contributed by atoms with E-state index in [1.807, 2.05) is 25.1 Å². The summed E-state index contributed by atoms with van der Waals surface area (Å²) < 4.78 is 1.89. The van der Waals surface area contributed by atoms with E-state index in [-0.39, 0.29) is 5.78 Å². The predicted molar refractivity (Wildman–Crippen MR) is 56.5 cm³/mol. The number of rotatable bonds is 2. The van der Waals surface area contributed by atoms with Gasteiger partial charge in [0.25, 0.3) is 0 Å². The van der Waals surface area contributed by atoms with Gasteiger partial charge in [0.2, 0.25) is 0 Å². The summed E-state index contributed by atoms with van der Waals surface area (Å²) in [6, 6.07) is 5.52. The van der Waals surface area contributed by atoms with E-state index >= 15 is 0 Å². The van der Waals surface area contributed by atoms with Crippen molar-refractivity contribution in [3.8, 4) is 0 Å². The van der Waals surface area contributed by atoms with E-state index in [1.54, 1.807) is 0 Å². The van der Waals surface area contributed by atoms with Crippen molar-refractivity contribution < 1.29 is 4.79 Å². The molecule has 0 aliphatic carbocycles. The van der Waals surface area contributed by atoms with Crippen molar-refractivity contribution in [3.63, 3.8) is 0 Å². The minimum atomic E-state index is 0.170. The summed E-state index contributed by atoms with van der Waals surface area (Å²) in [4.78, 5) is 11.2. The second kappa shape index (κ2) is 4.19. The lowest BCUT2D eigenvalue weighted by Crippen LogP contribution is -1.95. The molecule has 0 unspecified atom stereocenters. The SMILES string of the molecule is CCC(=O)c1ccc(Br)c(Br)c1. The Morgan fingerprint density at radius 1 is 1.33 bits per heavy atom. The number of ketones is 1. The van der Waals surface area contributed by atoms with Crippen LogP contribution in [0.2, 0.25) is 0 Å². The molecular formula is C9H8Br2O. The molecular weight excluding hydrogens is 284 g/mol. The number of carbonyl (C=O) groups is 1. The van der Waals surface area contributed by atoms with Crippen LogP contribution < -0.4 is 0 Å². The molecule has 0 N–H and O–H groups in total. The number of hydrogen-bond acceptors (Lipinski definition) is 1. The van der Waals surface area contributed by atoms with Crippen LogP contribution in [0.1, 0.15) is 23.7 Å². The maximum Gasteiger partial charge on any atom is 0.162 e. The third-order valence-electron chi connectivity index (χ3n) is 1.56. The molecule has 0 atom stereocenters. The molecule has 1 aromatic rings. The molecule has 0 fully saturated rings. The zero-order valence-corrected chi connectivity index (χ0v) is 9.78. The monoisotopic (exact) mass is 290 g/mol. The van der Waals surface area contributed by atoms with Gasteiger partial charge < -0.3 is 0 Å². The Bertz CT molecular complexity index is 307. The van der Waals surface area contributed by atoms with E-state index in [0.29, 0.717) is 6.42 Å². The van der Waals surface area contributed by atoms with Crippen molar-refractivity contribution in [3.05, 3.63) is 32.7 Å². The van der Waals surface area contributed by atoms with Gasteiger partial charge >= 0.3 is 0 Å². The summed E-state index contributed by atoms with van der Waals surface area (Å²) in [7, 11) is 0. The molecule has 1 nitrogen and oxygen atoms in total. The van der Waals surface area contributed by atoms with Gasteiger partial charge in [0.1, 0.15) is 0 Å². The standard InChI is InChI=1S/C9H8Br2O/c1-2-9(12)6-3-4-7(10)8(11)5-6/h3-5H,2H2,1H3. The normalized spacial score (nSPS) is 9.92. The molecule has 0 saturated heterocycles. The summed E-state index contributed by atoms with van der Waals surface area (Å²) in [5, 5.41) is 0. The summed E-state index contributed by atoms with van der Waals surface area (Å²) in [6.07, 6.45) is 0.550. The number of benzene rings is 1. The van der Waals surface area contributed by atoms with Gasteiger partial charge in [-0.15, -0.1) is 0 Å². The van der Waals surface area contributed by atoms with Crippen molar-refractivity contribution in [2.24, 2.45) is 0 Å². The minimum Gasteiger partial charge on any atom is -0.294 e. The van der Waals surface area contributed by atoms with E-state index in [9.17, 15) is 4.79 Å². The van der Waals surface area contributed by atoms with Crippen LogP contribution in [-0.2, 0) is 0 Å². The van der Waals surface area contributed by atoms with Crippen molar-refractivity contribution >= 4 is 37.6 Å². The van der Waals surface area contributed by atoms with E-state index in [4.69, 9.17) is 0 Å². The first-order valence-electron chi connectivity index (χ1n) is 3.63. The Balaban J connectivity index is 3.05. The van der Waals surface area contributed by atoms with Crippen LogP contribution in [0.4, 0.5) is 0 Å². The van der Waals surface area contributed by atoms with Crippen LogP contribution in [0.25, 0.3) is 0 Å². The molecule has 0 bridgehead atoms. The molecule has 1 rings (SSSR count). The van der Waals surface area contributed by atoms with Gasteiger partial charge in [0, 0.05) is 20.9 Å². The fourth-order valence-electron chi connectivity index (χ4n) is 0.874. The maximum absolute atomic E-state index is 11.2. The van der Waals surface area contributed by atoms with E-state index < -0.39 is 0 Å². The smallest absolute Gasteiger partial charge is 0.162 e. The van der Waals surface area contributed by atoms with Crippen molar-refractivity contribution in [1.82, 2.24) is 0 Å². The molecule has 64 valence electrons. The highest BCUT2D eigenvalue weighted by Gasteiger charge is 2.04. The van der Waals surface area contributed by atoms with Crippen LogP contribution in [0.5, 0.6) is 0 Å². The highest BCUT2D eigenvalue weighted by atomic mass is 79.9. The van der Waals surface area contributed by atoms with Gasteiger partial charge in [-0.1, -0.05) is 13.0 Å². The largest absolute Gasteiger partial charge is 0.294 e. The van der Waals surface area contributed by atoms with Crippen molar-refractivity contribution in [1.29, 1.82) is 0 Å². The summed E-state index contributed by atoms with van der Waals surface area (Å²) in [6.45, 7) is 1.86. The second-order valence-electron chi connectivity index (χ2n) is 2.41. The number of carbonyl (C=O) groups excluding carboxylic acids is 1. The molecule has 3 heteroatoms. The van der Waals surface area contributed by atoms with Crippen LogP contribution in [-0.4, -0.2) is 5.78 Å². The van der Waals surface area contributed by atoms with Gasteiger partial charge in [-0.05, 0) is 44.0 Å².